The molecule has 6 heteroatoms. The highest BCUT2D eigenvalue weighted by molar-refractivity contribution is 5.75. The first-order chi connectivity index (χ1) is 16.7. The van der Waals surface area contributed by atoms with Gasteiger partial charge in [0.15, 0.2) is 5.75 Å². The Labute approximate surface area is 205 Å². The minimum atomic E-state index is -0.549. The van der Waals surface area contributed by atoms with Crippen LogP contribution in [0.3, 0.4) is 0 Å². The molecular formula is C29H32F2N2O2. The Morgan fingerprint density at radius 3 is 2.34 bits per heavy atom. The number of ether oxygens (including phenoxy) is 1. The van der Waals surface area contributed by atoms with Crippen LogP contribution in [0.5, 0.6) is 5.75 Å². The van der Waals surface area contributed by atoms with Gasteiger partial charge in [-0.05, 0) is 65.1 Å². The average molecular weight is 479 g/mol. The lowest BCUT2D eigenvalue weighted by molar-refractivity contribution is 0.150. The van der Waals surface area contributed by atoms with Crippen molar-refractivity contribution in [2.24, 2.45) is 0 Å². The highest BCUT2D eigenvalue weighted by Gasteiger charge is 2.22. The molecule has 3 aromatic carbocycles. The van der Waals surface area contributed by atoms with E-state index in [0.29, 0.717) is 25.2 Å². The minimum absolute atomic E-state index is 0.0310. The first kappa shape index (κ1) is 24.7. The molecule has 0 bridgehead atoms. The topological polar surface area (TPSA) is 41.6 Å². The molecule has 0 saturated carbocycles. The van der Waals surface area contributed by atoms with Crippen LogP contribution in [0.15, 0.2) is 60.7 Å². The van der Waals surface area contributed by atoms with Gasteiger partial charge in [0.1, 0.15) is 11.6 Å². The number of hydrogen-bond donors (Lipinski definition) is 1. The monoisotopic (exact) mass is 478 g/mol. The number of nitrogens with one attached hydrogen (secondary N) is 1. The molecule has 1 N–H and O–H groups in total. The highest BCUT2D eigenvalue weighted by Crippen LogP contribution is 2.34. The van der Waals surface area contributed by atoms with E-state index in [2.05, 4.69) is 38.2 Å². The molecule has 4 rings (SSSR count). The van der Waals surface area contributed by atoms with Crippen molar-refractivity contribution in [3.63, 3.8) is 0 Å². The Hall–Kier alpha value is -3.41. The number of benzene rings is 3. The largest absolute Gasteiger partial charge is 0.415 e. The van der Waals surface area contributed by atoms with Crippen molar-refractivity contribution < 1.29 is 18.3 Å². The number of carbonyl (C=O) groups is 1. The summed E-state index contributed by atoms with van der Waals surface area (Å²) in [4.78, 5) is 14.9. The van der Waals surface area contributed by atoms with Crippen LogP contribution in [0.4, 0.5) is 19.3 Å². The molecule has 1 heterocycles. The molecule has 1 aliphatic heterocycles. The Bertz CT molecular complexity index is 1170. The summed E-state index contributed by atoms with van der Waals surface area (Å²) in [6, 6.07) is 17.2. The number of halogens is 2. The summed E-state index contributed by atoms with van der Waals surface area (Å²) in [7, 11) is 0. The standard InChI is InChI=1S/C29H32F2N2O2/c1-29(2,3)23-10-6-21(7-11-23)19-33(16-14-20-8-12-24(30)13-9-20)28(34)35-26-18-25(31)17-22-5-4-15-32-27(22)26/h6-13,17-18,32H,4-5,14-16,19H2,1-3H3. The molecule has 0 fully saturated rings. The van der Waals surface area contributed by atoms with Gasteiger partial charge in [0.2, 0.25) is 0 Å². The van der Waals surface area contributed by atoms with Crippen LogP contribution in [-0.2, 0) is 24.8 Å². The number of amides is 1. The summed E-state index contributed by atoms with van der Waals surface area (Å²) in [5, 5.41) is 3.24. The van der Waals surface area contributed by atoms with Crippen LogP contribution in [0.25, 0.3) is 0 Å². The smallest absolute Gasteiger partial charge is 0.408 e. The summed E-state index contributed by atoms with van der Waals surface area (Å²) in [5.41, 5.74) is 4.61. The summed E-state index contributed by atoms with van der Waals surface area (Å²) in [6.45, 7) is 7.93. The Morgan fingerprint density at radius 1 is 0.971 bits per heavy atom. The lowest BCUT2D eigenvalue weighted by atomic mass is 9.87. The average Bonchev–Trinajstić information content (AvgIpc) is 2.82. The molecule has 1 aliphatic rings. The van der Waals surface area contributed by atoms with Crippen LogP contribution in [-0.4, -0.2) is 24.1 Å². The molecule has 1 amide bonds. The molecule has 35 heavy (non-hydrogen) atoms. The highest BCUT2D eigenvalue weighted by atomic mass is 19.1. The first-order valence-electron chi connectivity index (χ1n) is 12.1. The molecule has 0 radical (unpaired) electrons. The molecule has 0 unspecified atom stereocenters. The second-order valence-corrected chi connectivity index (χ2v) is 10.1. The maximum Gasteiger partial charge on any atom is 0.415 e. The molecule has 184 valence electrons. The van der Waals surface area contributed by atoms with Gasteiger partial charge in [-0.2, -0.15) is 0 Å². The van der Waals surface area contributed by atoms with Gasteiger partial charge < -0.3 is 15.0 Å². The van der Waals surface area contributed by atoms with Crippen molar-refractivity contribution in [2.75, 3.05) is 18.4 Å². The van der Waals surface area contributed by atoms with E-state index >= 15 is 0 Å². The van der Waals surface area contributed by atoms with E-state index in [9.17, 15) is 13.6 Å². The lowest BCUT2D eigenvalue weighted by Crippen LogP contribution is -2.35. The summed E-state index contributed by atoms with van der Waals surface area (Å²) >= 11 is 0. The van der Waals surface area contributed by atoms with E-state index in [-0.39, 0.29) is 17.0 Å². The van der Waals surface area contributed by atoms with Crippen molar-refractivity contribution in [3.8, 4) is 5.75 Å². The van der Waals surface area contributed by atoms with Crippen molar-refractivity contribution in [3.05, 3.63) is 94.6 Å². The van der Waals surface area contributed by atoms with E-state index in [0.717, 1.165) is 36.1 Å². The molecule has 0 aliphatic carbocycles. The van der Waals surface area contributed by atoms with Gasteiger partial charge >= 0.3 is 6.09 Å². The predicted octanol–water partition coefficient (Wildman–Crippen LogP) is 6.86. The third kappa shape index (κ3) is 6.38. The minimum Gasteiger partial charge on any atom is -0.408 e. The van der Waals surface area contributed by atoms with E-state index in [4.69, 9.17) is 4.74 Å². The summed E-state index contributed by atoms with van der Waals surface area (Å²) in [6.07, 6.45) is 1.62. The third-order valence-corrected chi connectivity index (χ3v) is 6.31. The molecule has 0 saturated heterocycles. The Balaban J connectivity index is 1.55. The number of hydrogen-bond acceptors (Lipinski definition) is 3. The van der Waals surface area contributed by atoms with Crippen LogP contribution in [0.2, 0.25) is 0 Å². The lowest BCUT2D eigenvalue weighted by Gasteiger charge is -2.25. The van der Waals surface area contributed by atoms with Gasteiger partial charge in [0.25, 0.3) is 0 Å². The molecule has 4 nitrogen and oxygen atoms in total. The number of carbonyl (C=O) groups excluding carboxylic acids is 1. The second kappa shape index (κ2) is 10.5. The summed E-state index contributed by atoms with van der Waals surface area (Å²) in [5.74, 6) is -0.516. The zero-order valence-corrected chi connectivity index (χ0v) is 20.5. The molecule has 0 atom stereocenters. The molecule has 0 aromatic heterocycles. The van der Waals surface area contributed by atoms with Crippen LogP contribution >= 0.6 is 0 Å². The van der Waals surface area contributed by atoms with Crippen LogP contribution in [0.1, 0.15) is 49.4 Å². The third-order valence-electron chi connectivity index (χ3n) is 6.31. The molecule has 3 aromatic rings. The number of rotatable bonds is 6. The SMILES string of the molecule is CC(C)(C)c1ccc(CN(CCc2ccc(F)cc2)C(=O)Oc2cc(F)cc3c2NCCC3)cc1. The van der Waals surface area contributed by atoms with Gasteiger partial charge in [-0.25, -0.2) is 13.6 Å². The van der Waals surface area contributed by atoms with Crippen molar-refractivity contribution in [1.82, 2.24) is 4.90 Å². The Morgan fingerprint density at radius 2 is 1.66 bits per heavy atom. The maximum atomic E-state index is 14.2. The van der Waals surface area contributed by atoms with Crippen molar-refractivity contribution >= 4 is 11.8 Å². The van der Waals surface area contributed by atoms with Crippen LogP contribution < -0.4 is 10.1 Å². The van der Waals surface area contributed by atoms with Crippen LogP contribution in [0, 0.1) is 11.6 Å². The number of aryl methyl sites for hydroxylation is 1. The number of anilines is 1. The molecular weight excluding hydrogens is 446 g/mol. The fourth-order valence-electron chi connectivity index (χ4n) is 4.25. The fourth-order valence-corrected chi connectivity index (χ4v) is 4.25. The van der Waals surface area contributed by atoms with Gasteiger partial charge in [-0.1, -0.05) is 57.2 Å². The zero-order valence-electron chi connectivity index (χ0n) is 20.5. The van der Waals surface area contributed by atoms with Gasteiger partial charge in [-0.3, -0.25) is 0 Å². The van der Waals surface area contributed by atoms with E-state index in [1.807, 2.05) is 12.1 Å². The van der Waals surface area contributed by atoms with Crippen molar-refractivity contribution in [2.45, 2.75) is 52.0 Å². The second-order valence-electron chi connectivity index (χ2n) is 10.1. The normalized spacial score (nSPS) is 13.1. The Kier molecular flexibility index (Phi) is 7.39. The summed E-state index contributed by atoms with van der Waals surface area (Å²) < 4.78 is 33.3. The molecule has 0 spiro atoms. The predicted molar refractivity (Wildman–Crippen MR) is 135 cm³/mol. The maximum absolute atomic E-state index is 14.2. The fraction of sp³-hybridized carbons (Fsp3) is 0.345. The van der Waals surface area contributed by atoms with E-state index < -0.39 is 11.9 Å². The first-order valence-corrected chi connectivity index (χ1v) is 12.1. The van der Waals surface area contributed by atoms with E-state index in [1.54, 1.807) is 17.0 Å². The van der Waals surface area contributed by atoms with E-state index in [1.165, 1.54) is 29.8 Å². The quantitative estimate of drug-likeness (QED) is 0.421. The number of fused-ring (bicyclic) bond motifs is 1. The number of nitrogens with zero attached hydrogens (tertiary/aromatic N) is 1. The van der Waals surface area contributed by atoms with Gasteiger partial charge in [0.05, 0.1) is 5.69 Å². The zero-order chi connectivity index (χ0) is 25.0. The van der Waals surface area contributed by atoms with Crippen molar-refractivity contribution in [1.29, 1.82) is 0 Å². The van der Waals surface area contributed by atoms with Gasteiger partial charge in [0, 0.05) is 25.7 Å². The van der Waals surface area contributed by atoms with Gasteiger partial charge in [-0.15, -0.1) is 0 Å².